The first-order chi connectivity index (χ1) is 13.8. The lowest BCUT2D eigenvalue weighted by Gasteiger charge is -2.32. The molecule has 0 aromatic rings. The van der Waals surface area contributed by atoms with Gasteiger partial charge in [-0.25, -0.2) is 5.06 Å². The summed E-state index contributed by atoms with van der Waals surface area (Å²) >= 11 is 0. The molecule has 2 atom stereocenters. The number of nitrogens with zero attached hydrogens (tertiary/aromatic N) is 1. The van der Waals surface area contributed by atoms with Gasteiger partial charge in [-0.05, 0) is 18.3 Å². The van der Waals surface area contributed by atoms with Gasteiger partial charge < -0.3 is 10.6 Å². The van der Waals surface area contributed by atoms with Crippen molar-refractivity contribution in [3.63, 3.8) is 0 Å². The van der Waals surface area contributed by atoms with E-state index >= 15 is 0 Å². The van der Waals surface area contributed by atoms with Crippen LogP contribution in [0.3, 0.4) is 0 Å². The first kappa shape index (κ1) is 25.4. The maximum Gasteiger partial charge on any atom is 0.243 e. The fraction of sp³-hybridized carbons (Fsp3) is 0.864. The third kappa shape index (κ3) is 10.6. The van der Waals surface area contributed by atoms with Gasteiger partial charge >= 0.3 is 0 Å². The predicted octanol–water partition coefficient (Wildman–Crippen LogP) is 3.40. The van der Waals surface area contributed by atoms with Crippen molar-refractivity contribution in [2.75, 3.05) is 13.1 Å². The molecule has 7 nitrogen and oxygen atoms in total. The van der Waals surface area contributed by atoms with E-state index in [4.69, 9.17) is 0 Å². The monoisotopic (exact) mass is 411 g/mol. The van der Waals surface area contributed by atoms with Gasteiger partial charge in [0.2, 0.25) is 18.2 Å². The van der Waals surface area contributed by atoms with Crippen LogP contribution in [0.5, 0.6) is 0 Å². The van der Waals surface area contributed by atoms with Crippen molar-refractivity contribution in [1.82, 2.24) is 15.7 Å². The molecule has 0 bridgehead atoms. The minimum absolute atomic E-state index is 0.0617. The summed E-state index contributed by atoms with van der Waals surface area (Å²) in [7, 11) is 0. The number of amides is 3. The van der Waals surface area contributed by atoms with Gasteiger partial charge in [0.15, 0.2) is 0 Å². The number of carbonyl (C=O) groups is 3. The van der Waals surface area contributed by atoms with Crippen molar-refractivity contribution in [1.29, 1.82) is 0 Å². The second-order valence-electron chi connectivity index (χ2n) is 9.35. The summed E-state index contributed by atoms with van der Waals surface area (Å²) in [5.41, 5.74) is -0.450. The molecule has 0 unspecified atom stereocenters. The molecule has 1 aliphatic heterocycles. The third-order valence-corrected chi connectivity index (χ3v) is 5.59. The number of hydrogen-bond acceptors (Lipinski definition) is 4. The maximum atomic E-state index is 12.9. The summed E-state index contributed by atoms with van der Waals surface area (Å²) < 4.78 is 0. The maximum absolute atomic E-state index is 12.9. The Morgan fingerprint density at radius 2 is 1.45 bits per heavy atom. The van der Waals surface area contributed by atoms with Crippen molar-refractivity contribution < 1.29 is 19.6 Å². The van der Waals surface area contributed by atoms with Crippen molar-refractivity contribution in [3.8, 4) is 0 Å². The molecule has 0 saturated carbocycles. The van der Waals surface area contributed by atoms with E-state index in [0.29, 0.717) is 24.4 Å². The Bertz CT molecular complexity index is 505. The van der Waals surface area contributed by atoms with Crippen LogP contribution in [0, 0.1) is 11.3 Å². The van der Waals surface area contributed by atoms with Crippen molar-refractivity contribution >= 4 is 18.2 Å². The Hall–Kier alpha value is -1.63. The van der Waals surface area contributed by atoms with E-state index in [1.165, 1.54) is 32.1 Å². The molecule has 1 fully saturated rings. The van der Waals surface area contributed by atoms with Gasteiger partial charge in [0, 0.05) is 6.54 Å². The van der Waals surface area contributed by atoms with Crippen LogP contribution in [0.25, 0.3) is 0 Å². The van der Waals surface area contributed by atoms with Crippen LogP contribution in [0.1, 0.15) is 91.4 Å². The molecular weight excluding hydrogens is 370 g/mol. The van der Waals surface area contributed by atoms with E-state index in [0.717, 1.165) is 32.1 Å². The zero-order valence-corrected chi connectivity index (χ0v) is 18.5. The second kappa shape index (κ2) is 13.6. The molecule has 1 saturated heterocycles. The van der Waals surface area contributed by atoms with Crippen LogP contribution in [-0.4, -0.2) is 47.6 Å². The molecule has 3 N–H and O–H groups in total. The molecule has 1 aliphatic rings. The summed E-state index contributed by atoms with van der Waals surface area (Å²) in [6.07, 6.45) is 12.1. The van der Waals surface area contributed by atoms with Gasteiger partial charge in [-0.2, -0.15) is 0 Å². The van der Waals surface area contributed by atoms with E-state index in [-0.39, 0.29) is 18.4 Å². The fourth-order valence-corrected chi connectivity index (χ4v) is 3.75. The number of rotatable bonds is 3. The van der Waals surface area contributed by atoms with Crippen molar-refractivity contribution in [3.05, 3.63) is 0 Å². The normalized spacial score (nSPS) is 24.6. The summed E-state index contributed by atoms with van der Waals surface area (Å²) in [6.45, 7) is 6.31. The van der Waals surface area contributed by atoms with Crippen molar-refractivity contribution in [2.45, 2.75) is 97.4 Å². The quantitative estimate of drug-likeness (QED) is 0.376. The standard InChI is InChI=1S/C22H41N3O4/c1-22(2,3)19-21(28)23-15-13-11-9-7-5-4-6-8-10-12-14-18(20(27)24-19)16-25(29)17-26/h17-19,29H,4-16H2,1-3H3,(H,23,28)(H,24,27)/t18-,19-/m1/s1. The molecule has 7 heteroatoms. The smallest absolute Gasteiger partial charge is 0.243 e. The topological polar surface area (TPSA) is 98.7 Å². The highest BCUT2D eigenvalue weighted by molar-refractivity contribution is 5.89. The van der Waals surface area contributed by atoms with Gasteiger partial charge in [-0.1, -0.05) is 78.6 Å². The van der Waals surface area contributed by atoms with Gasteiger partial charge in [0.25, 0.3) is 0 Å². The first-order valence-corrected chi connectivity index (χ1v) is 11.2. The van der Waals surface area contributed by atoms with Crippen molar-refractivity contribution in [2.24, 2.45) is 11.3 Å². The minimum Gasteiger partial charge on any atom is -0.354 e. The van der Waals surface area contributed by atoms with Crippen LogP contribution in [0.2, 0.25) is 0 Å². The minimum atomic E-state index is -0.667. The molecule has 0 aromatic carbocycles. The molecule has 1 rings (SSSR count). The lowest BCUT2D eigenvalue weighted by atomic mass is 9.85. The highest BCUT2D eigenvalue weighted by atomic mass is 16.5. The summed E-state index contributed by atoms with van der Waals surface area (Å²) in [5.74, 6) is -1.01. The average Bonchev–Trinajstić information content (AvgIpc) is 2.66. The average molecular weight is 412 g/mol. The first-order valence-electron chi connectivity index (χ1n) is 11.2. The fourth-order valence-electron chi connectivity index (χ4n) is 3.75. The highest BCUT2D eigenvalue weighted by Crippen LogP contribution is 2.21. The SMILES string of the molecule is CC(C)(C)[C@@H]1NC(=O)[C@@H](CN(O)C=O)CCCCCCCCCCCCNC1=O. The van der Waals surface area contributed by atoms with E-state index in [2.05, 4.69) is 10.6 Å². The Morgan fingerprint density at radius 1 is 0.931 bits per heavy atom. The number of hydrogen-bond donors (Lipinski definition) is 3. The lowest BCUT2D eigenvalue weighted by molar-refractivity contribution is -0.155. The van der Waals surface area contributed by atoms with Crippen LogP contribution >= 0.6 is 0 Å². The Balaban J connectivity index is 2.85. The molecule has 29 heavy (non-hydrogen) atoms. The molecule has 0 radical (unpaired) electrons. The molecular formula is C22H41N3O4. The van der Waals surface area contributed by atoms with Crippen LogP contribution in [0.4, 0.5) is 0 Å². The molecule has 3 amide bonds. The third-order valence-electron chi connectivity index (χ3n) is 5.59. The summed E-state index contributed by atoms with van der Waals surface area (Å²) in [4.78, 5) is 36.5. The molecule has 0 aliphatic carbocycles. The van der Waals surface area contributed by atoms with E-state index in [9.17, 15) is 19.6 Å². The number of carbonyl (C=O) groups excluding carboxylic acids is 3. The Kier molecular flexibility index (Phi) is 11.9. The zero-order valence-electron chi connectivity index (χ0n) is 18.5. The molecule has 0 aromatic heterocycles. The lowest BCUT2D eigenvalue weighted by Crippen LogP contribution is -2.55. The zero-order chi connectivity index (χ0) is 21.7. The number of nitrogens with one attached hydrogen (secondary N) is 2. The van der Waals surface area contributed by atoms with E-state index < -0.39 is 17.4 Å². The van der Waals surface area contributed by atoms with Crippen LogP contribution in [0.15, 0.2) is 0 Å². The second-order valence-corrected chi connectivity index (χ2v) is 9.35. The van der Waals surface area contributed by atoms with Crippen LogP contribution in [-0.2, 0) is 14.4 Å². The highest BCUT2D eigenvalue weighted by Gasteiger charge is 2.34. The van der Waals surface area contributed by atoms with E-state index in [1.54, 1.807) is 0 Å². The van der Waals surface area contributed by atoms with Gasteiger partial charge in [0.1, 0.15) is 6.04 Å². The van der Waals surface area contributed by atoms with Crippen LogP contribution < -0.4 is 10.6 Å². The van der Waals surface area contributed by atoms with Gasteiger partial charge in [-0.3, -0.25) is 19.6 Å². The van der Waals surface area contributed by atoms with E-state index in [1.807, 2.05) is 20.8 Å². The van der Waals surface area contributed by atoms with Gasteiger partial charge in [0.05, 0.1) is 12.5 Å². The Morgan fingerprint density at radius 3 is 1.97 bits per heavy atom. The van der Waals surface area contributed by atoms with Gasteiger partial charge in [-0.15, -0.1) is 0 Å². The number of hydroxylamine groups is 2. The predicted molar refractivity (Wildman–Crippen MR) is 113 cm³/mol. The molecule has 0 spiro atoms. The largest absolute Gasteiger partial charge is 0.354 e. The molecule has 1 heterocycles. The summed E-state index contributed by atoms with van der Waals surface area (Å²) in [5, 5.41) is 16.0. The molecule has 168 valence electrons. The Labute approximate surface area is 175 Å². The summed E-state index contributed by atoms with van der Waals surface area (Å²) in [6, 6.07) is -0.667.